The summed E-state index contributed by atoms with van der Waals surface area (Å²) in [6.07, 6.45) is 0.256. The second-order valence-corrected chi connectivity index (χ2v) is 3.87. The van der Waals surface area contributed by atoms with Crippen molar-refractivity contribution in [1.82, 2.24) is 5.32 Å². The van der Waals surface area contributed by atoms with Crippen molar-refractivity contribution < 1.29 is 13.6 Å². The first kappa shape index (κ1) is 13.6. The van der Waals surface area contributed by atoms with Gasteiger partial charge in [0.25, 0.3) is 0 Å². The maximum Gasteiger partial charge on any atom is 0.225 e. The van der Waals surface area contributed by atoms with E-state index in [1.165, 1.54) is 0 Å². The Bertz CT molecular complexity index is 376. The van der Waals surface area contributed by atoms with Crippen LogP contribution in [0, 0.1) is 11.6 Å². The lowest BCUT2D eigenvalue weighted by Gasteiger charge is -2.12. The third kappa shape index (κ3) is 4.91. The van der Waals surface area contributed by atoms with Gasteiger partial charge in [-0.1, -0.05) is 6.92 Å². The first-order valence-electron chi connectivity index (χ1n) is 5.50. The van der Waals surface area contributed by atoms with E-state index in [-0.39, 0.29) is 24.1 Å². The Labute approximate surface area is 99.2 Å². The predicted molar refractivity (Wildman–Crippen MR) is 62.7 cm³/mol. The van der Waals surface area contributed by atoms with Crippen molar-refractivity contribution in [2.24, 2.45) is 0 Å². The van der Waals surface area contributed by atoms with Crippen LogP contribution in [0.4, 0.5) is 14.5 Å². The zero-order valence-corrected chi connectivity index (χ0v) is 9.89. The molecular weight excluding hydrogens is 226 g/mol. The topological polar surface area (TPSA) is 41.1 Å². The fraction of sp³-hybridized carbons (Fsp3) is 0.417. The largest absolute Gasteiger partial charge is 0.326 e. The quantitative estimate of drug-likeness (QED) is 0.831. The number of hydrogen-bond donors (Lipinski definition) is 2. The van der Waals surface area contributed by atoms with Gasteiger partial charge in [-0.3, -0.25) is 4.79 Å². The second kappa shape index (κ2) is 6.30. The van der Waals surface area contributed by atoms with E-state index in [4.69, 9.17) is 0 Å². The summed E-state index contributed by atoms with van der Waals surface area (Å²) in [4.78, 5) is 11.5. The minimum atomic E-state index is -0.708. The molecule has 3 nitrogen and oxygen atoms in total. The van der Waals surface area contributed by atoms with Gasteiger partial charge in [-0.2, -0.15) is 0 Å². The molecule has 0 heterocycles. The minimum absolute atomic E-state index is 0.0263. The van der Waals surface area contributed by atoms with Crippen LogP contribution in [0.15, 0.2) is 18.2 Å². The molecule has 0 radical (unpaired) electrons. The third-order valence-corrected chi connectivity index (χ3v) is 2.19. The Morgan fingerprint density at radius 2 is 1.88 bits per heavy atom. The third-order valence-electron chi connectivity index (χ3n) is 2.19. The lowest BCUT2D eigenvalue weighted by molar-refractivity contribution is -0.116. The maximum atomic E-state index is 12.9. The van der Waals surface area contributed by atoms with E-state index in [2.05, 4.69) is 10.6 Å². The molecule has 0 spiro atoms. The molecule has 17 heavy (non-hydrogen) atoms. The molecule has 1 aromatic rings. The van der Waals surface area contributed by atoms with Crippen LogP contribution < -0.4 is 10.6 Å². The van der Waals surface area contributed by atoms with Crippen LogP contribution in [0.1, 0.15) is 20.3 Å². The van der Waals surface area contributed by atoms with Crippen molar-refractivity contribution >= 4 is 11.6 Å². The lowest BCUT2D eigenvalue weighted by atomic mass is 10.2. The fourth-order valence-electron chi connectivity index (χ4n) is 1.54. The first-order valence-corrected chi connectivity index (χ1v) is 5.50. The summed E-state index contributed by atoms with van der Waals surface area (Å²) in [5.41, 5.74) is 0.135. The highest BCUT2D eigenvalue weighted by molar-refractivity contribution is 5.91. The van der Waals surface area contributed by atoms with E-state index in [1.807, 2.05) is 13.8 Å². The van der Waals surface area contributed by atoms with E-state index in [1.54, 1.807) is 0 Å². The number of hydrogen-bond acceptors (Lipinski definition) is 2. The van der Waals surface area contributed by atoms with Crippen LogP contribution >= 0.6 is 0 Å². The van der Waals surface area contributed by atoms with Gasteiger partial charge in [0, 0.05) is 24.2 Å². The zero-order chi connectivity index (χ0) is 12.8. The second-order valence-electron chi connectivity index (χ2n) is 3.87. The molecule has 0 aromatic heterocycles. The highest BCUT2D eigenvalue weighted by Gasteiger charge is 2.09. The maximum absolute atomic E-state index is 12.9. The van der Waals surface area contributed by atoms with Crippen molar-refractivity contribution in [2.45, 2.75) is 26.3 Å². The van der Waals surface area contributed by atoms with Gasteiger partial charge in [0.15, 0.2) is 0 Å². The summed E-state index contributed by atoms with van der Waals surface area (Å²) in [5, 5.41) is 5.53. The Morgan fingerprint density at radius 3 is 2.41 bits per heavy atom. The van der Waals surface area contributed by atoms with Crippen LogP contribution in [0.3, 0.4) is 0 Å². The number of benzene rings is 1. The fourth-order valence-corrected chi connectivity index (χ4v) is 1.54. The number of carbonyl (C=O) groups is 1. The molecule has 0 aliphatic rings. The number of amides is 1. The molecule has 1 atom stereocenters. The van der Waals surface area contributed by atoms with Crippen LogP contribution in [0.5, 0.6) is 0 Å². The Balaban J connectivity index is 2.56. The smallest absolute Gasteiger partial charge is 0.225 e. The molecule has 0 saturated heterocycles. The summed E-state index contributed by atoms with van der Waals surface area (Å²) >= 11 is 0. The van der Waals surface area contributed by atoms with Gasteiger partial charge >= 0.3 is 0 Å². The van der Waals surface area contributed by atoms with Crippen molar-refractivity contribution in [3.05, 3.63) is 29.8 Å². The lowest BCUT2D eigenvalue weighted by Crippen LogP contribution is -2.30. The van der Waals surface area contributed by atoms with E-state index in [0.717, 1.165) is 24.7 Å². The molecule has 1 aromatic carbocycles. The van der Waals surface area contributed by atoms with Crippen molar-refractivity contribution in [1.29, 1.82) is 0 Å². The SMILES string of the molecule is CCNC(C)CC(=O)Nc1cc(F)cc(F)c1. The first-order chi connectivity index (χ1) is 8.01. The molecule has 0 bridgehead atoms. The Morgan fingerprint density at radius 1 is 1.29 bits per heavy atom. The number of halogens is 2. The van der Waals surface area contributed by atoms with E-state index < -0.39 is 11.6 Å². The van der Waals surface area contributed by atoms with E-state index >= 15 is 0 Å². The van der Waals surface area contributed by atoms with Gasteiger partial charge < -0.3 is 10.6 Å². The monoisotopic (exact) mass is 242 g/mol. The molecule has 94 valence electrons. The summed E-state index contributed by atoms with van der Waals surface area (Å²) in [5.74, 6) is -1.69. The van der Waals surface area contributed by atoms with Crippen LogP contribution in [0.25, 0.3) is 0 Å². The average molecular weight is 242 g/mol. The van der Waals surface area contributed by atoms with Crippen molar-refractivity contribution in [3.8, 4) is 0 Å². The molecule has 1 unspecified atom stereocenters. The van der Waals surface area contributed by atoms with E-state index in [0.29, 0.717) is 0 Å². The van der Waals surface area contributed by atoms with Crippen LogP contribution in [-0.2, 0) is 4.79 Å². The predicted octanol–water partition coefficient (Wildman–Crippen LogP) is 2.29. The Hall–Kier alpha value is -1.49. The molecule has 1 amide bonds. The molecule has 1 rings (SSSR count). The highest BCUT2D eigenvalue weighted by atomic mass is 19.1. The number of nitrogens with one attached hydrogen (secondary N) is 2. The summed E-state index contributed by atoms with van der Waals surface area (Å²) < 4.78 is 25.7. The molecule has 5 heteroatoms. The van der Waals surface area contributed by atoms with Gasteiger partial charge in [0.2, 0.25) is 5.91 Å². The van der Waals surface area contributed by atoms with Gasteiger partial charge in [0.1, 0.15) is 11.6 Å². The molecular formula is C12H16F2N2O. The number of anilines is 1. The molecule has 0 aliphatic heterocycles. The van der Waals surface area contributed by atoms with E-state index in [9.17, 15) is 13.6 Å². The van der Waals surface area contributed by atoms with Crippen molar-refractivity contribution in [2.75, 3.05) is 11.9 Å². The normalized spacial score (nSPS) is 12.2. The van der Waals surface area contributed by atoms with Crippen LogP contribution in [0.2, 0.25) is 0 Å². The van der Waals surface area contributed by atoms with Crippen LogP contribution in [-0.4, -0.2) is 18.5 Å². The summed E-state index contributed by atoms with van der Waals surface area (Å²) in [7, 11) is 0. The molecule has 0 fully saturated rings. The molecule has 0 saturated carbocycles. The van der Waals surface area contributed by atoms with Gasteiger partial charge in [0.05, 0.1) is 0 Å². The van der Waals surface area contributed by atoms with Crippen molar-refractivity contribution in [3.63, 3.8) is 0 Å². The summed E-state index contributed by atoms with van der Waals surface area (Å²) in [6, 6.07) is 2.95. The standard InChI is InChI=1S/C12H16F2N2O/c1-3-15-8(2)4-12(17)16-11-6-9(13)5-10(14)7-11/h5-8,15H,3-4H2,1-2H3,(H,16,17). The van der Waals surface area contributed by atoms with Gasteiger partial charge in [-0.25, -0.2) is 8.78 Å². The number of rotatable bonds is 5. The highest BCUT2D eigenvalue weighted by Crippen LogP contribution is 2.13. The Kier molecular flexibility index (Phi) is 5.03. The molecule has 2 N–H and O–H groups in total. The number of carbonyl (C=O) groups excluding carboxylic acids is 1. The van der Waals surface area contributed by atoms with Gasteiger partial charge in [-0.15, -0.1) is 0 Å². The average Bonchev–Trinajstić information content (AvgIpc) is 2.14. The van der Waals surface area contributed by atoms with Gasteiger partial charge in [-0.05, 0) is 25.6 Å². The zero-order valence-electron chi connectivity index (χ0n) is 9.89. The minimum Gasteiger partial charge on any atom is -0.326 e. The summed E-state index contributed by atoms with van der Waals surface area (Å²) in [6.45, 7) is 4.58. The molecule has 0 aliphatic carbocycles.